The molecule has 0 bridgehead atoms. The van der Waals surface area contributed by atoms with Crippen molar-refractivity contribution in [3.05, 3.63) is 45.4 Å². The molecule has 0 amide bonds. The molecule has 3 rings (SSSR count). The van der Waals surface area contributed by atoms with Gasteiger partial charge in [-0.2, -0.15) is 5.26 Å². The highest BCUT2D eigenvalue weighted by atomic mass is 32.2. The van der Waals surface area contributed by atoms with E-state index in [9.17, 15) is 8.42 Å². The summed E-state index contributed by atoms with van der Waals surface area (Å²) >= 11 is 1.57. The largest absolute Gasteiger partial charge is 0.375 e. The van der Waals surface area contributed by atoms with Gasteiger partial charge in [0.25, 0.3) is 0 Å². The average molecular weight is 349 g/mol. The normalized spacial score (nSPS) is 14.2. The van der Waals surface area contributed by atoms with E-state index in [2.05, 4.69) is 9.71 Å². The van der Waals surface area contributed by atoms with Crippen molar-refractivity contribution < 1.29 is 13.2 Å². The van der Waals surface area contributed by atoms with Crippen molar-refractivity contribution in [2.75, 3.05) is 13.2 Å². The molecule has 0 unspecified atom stereocenters. The zero-order valence-corrected chi connectivity index (χ0v) is 13.9. The summed E-state index contributed by atoms with van der Waals surface area (Å²) in [5.74, 6) is 0. The minimum atomic E-state index is -3.61. The minimum Gasteiger partial charge on any atom is -0.375 e. The van der Waals surface area contributed by atoms with Gasteiger partial charge in [-0.25, -0.2) is 18.1 Å². The van der Waals surface area contributed by atoms with Gasteiger partial charge >= 0.3 is 0 Å². The maximum atomic E-state index is 12.2. The predicted octanol–water partition coefficient (Wildman–Crippen LogP) is 1.61. The average Bonchev–Trinajstić information content (AvgIpc) is 2.97. The van der Waals surface area contributed by atoms with Crippen LogP contribution in [0, 0.1) is 11.3 Å². The van der Waals surface area contributed by atoms with E-state index < -0.39 is 10.0 Å². The van der Waals surface area contributed by atoms with Crippen molar-refractivity contribution >= 4 is 21.4 Å². The van der Waals surface area contributed by atoms with E-state index in [-0.39, 0.29) is 11.4 Å². The Hall–Kier alpha value is -1.79. The van der Waals surface area contributed by atoms with E-state index in [0.717, 1.165) is 22.0 Å². The molecule has 0 spiro atoms. The number of sulfonamides is 1. The molecule has 120 valence electrons. The quantitative estimate of drug-likeness (QED) is 0.885. The fraction of sp³-hybridized carbons (Fsp3) is 0.333. The molecule has 0 saturated carbocycles. The van der Waals surface area contributed by atoms with Gasteiger partial charge in [0.1, 0.15) is 0 Å². The second kappa shape index (κ2) is 6.76. The standard InChI is InChI=1S/C15H15N3O3S2/c16-9-11-2-1-3-12(8-11)23(19,20)17-6-4-15-18-13-5-7-21-10-14(13)22-15/h1-3,8,17H,4-7,10H2. The Balaban J connectivity index is 1.63. The number of ether oxygens (including phenoxy) is 1. The van der Waals surface area contributed by atoms with Crippen LogP contribution >= 0.6 is 11.3 Å². The lowest BCUT2D eigenvalue weighted by Gasteiger charge is -2.08. The van der Waals surface area contributed by atoms with E-state index in [0.29, 0.717) is 25.2 Å². The third-order valence-corrected chi connectivity index (χ3v) is 6.03. The minimum absolute atomic E-state index is 0.100. The first kappa shape index (κ1) is 16.1. The Labute approximate surface area is 138 Å². The van der Waals surface area contributed by atoms with Gasteiger partial charge in [0.15, 0.2) is 0 Å². The first-order chi connectivity index (χ1) is 11.1. The number of aromatic nitrogens is 1. The van der Waals surface area contributed by atoms with E-state index in [1.807, 2.05) is 6.07 Å². The molecule has 0 saturated heterocycles. The van der Waals surface area contributed by atoms with Gasteiger partial charge in [0.2, 0.25) is 10.0 Å². The second-order valence-corrected chi connectivity index (χ2v) is 8.00. The van der Waals surface area contributed by atoms with Crippen LogP contribution in [0.2, 0.25) is 0 Å². The molecule has 2 aromatic rings. The molecule has 1 aliphatic rings. The van der Waals surface area contributed by atoms with Gasteiger partial charge in [-0.3, -0.25) is 0 Å². The second-order valence-electron chi connectivity index (χ2n) is 5.07. The lowest BCUT2D eigenvalue weighted by atomic mass is 10.2. The maximum Gasteiger partial charge on any atom is 0.240 e. The molecule has 0 radical (unpaired) electrons. The predicted molar refractivity (Wildman–Crippen MR) is 85.5 cm³/mol. The van der Waals surface area contributed by atoms with Crippen LogP contribution < -0.4 is 4.72 Å². The summed E-state index contributed by atoms with van der Waals surface area (Å²) in [5.41, 5.74) is 1.39. The maximum absolute atomic E-state index is 12.2. The summed E-state index contributed by atoms with van der Waals surface area (Å²) in [4.78, 5) is 5.77. The van der Waals surface area contributed by atoms with Crippen molar-refractivity contribution in [3.63, 3.8) is 0 Å². The summed E-state index contributed by atoms with van der Waals surface area (Å²) in [6, 6.07) is 7.90. The summed E-state index contributed by atoms with van der Waals surface area (Å²) in [5, 5.41) is 9.76. The zero-order valence-electron chi connectivity index (χ0n) is 12.3. The lowest BCUT2D eigenvalue weighted by molar-refractivity contribution is 0.112. The van der Waals surface area contributed by atoms with Crippen LogP contribution in [0.3, 0.4) is 0 Å². The van der Waals surface area contributed by atoms with Crippen molar-refractivity contribution in [2.24, 2.45) is 0 Å². The van der Waals surface area contributed by atoms with Crippen LogP contribution in [0.5, 0.6) is 0 Å². The molecule has 0 aliphatic carbocycles. The molecule has 1 aliphatic heterocycles. The Kier molecular flexibility index (Phi) is 4.73. The molecule has 0 fully saturated rings. The van der Waals surface area contributed by atoms with E-state index in [4.69, 9.17) is 10.00 Å². The third-order valence-electron chi connectivity index (χ3n) is 3.44. The highest BCUT2D eigenvalue weighted by Crippen LogP contribution is 2.23. The summed E-state index contributed by atoms with van der Waals surface area (Å²) in [7, 11) is -3.61. The Morgan fingerprint density at radius 2 is 2.30 bits per heavy atom. The van der Waals surface area contributed by atoms with Crippen molar-refractivity contribution in [1.29, 1.82) is 5.26 Å². The number of hydrogen-bond donors (Lipinski definition) is 1. The number of fused-ring (bicyclic) bond motifs is 1. The van der Waals surface area contributed by atoms with E-state index >= 15 is 0 Å². The molecule has 0 atom stereocenters. The number of nitrogens with one attached hydrogen (secondary N) is 1. The van der Waals surface area contributed by atoms with Gasteiger partial charge < -0.3 is 4.74 Å². The molecular weight excluding hydrogens is 334 g/mol. The molecule has 1 aromatic heterocycles. The molecule has 6 nitrogen and oxygen atoms in total. The molecule has 23 heavy (non-hydrogen) atoms. The molecular formula is C15H15N3O3S2. The van der Waals surface area contributed by atoms with Crippen LogP contribution in [-0.4, -0.2) is 26.6 Å². The first-order valence-corrected chi connectivity index (χ1v) is 9.43. The van der Waals surface area contributed by atoms with Gasteiger partial charge in [-0.1, -0.05) is 6.07 Å². The smallest absolute Gasteiger partial charge is 0.240 e. The highest BCUT2D eigenvalue weighted by Gasteiger charge is 2.17. The monoisotopic (exact) mass is 349 g/mol. The van der Waals surface area contributed by atoms with Gasteiger partial charge in [-0.15, -0.1) is 11.3 Å². The topological polar surface area (TPSA) is 92.1 Å². The molecule has 1 N–H and O–H groups in total. The summed E-state index contributed by atoms with van der Waals surface area (Å²) < 4.78 is 32.4. The highest BCUT2D eigenvalue weighted by molar-refractivity contribution is 7.89. The number of thiazole rings is 1. The molecule has 1 aromatic carbocycles. The van der Waals surface area contributed by atoms with Crippen LogP contribution in [0.15, 0.2) is 29.2 Å². The van der Waals surface area contributed by atoms with Gasteiger partial charge in [0, 0.05) is 19.4 Å². The van der Waals surface area contributed by atoms with Crippen molar-refractivity contribution in [1.82, 2.24) is 9.71 Å². The molecule has 8 heteroatoms. The number of nitriles is 1. The Morgan fingerprint density at radius 1 is 1.43 bits per heavy atom. The van der Waals surface area contributed by atoms with E-state index in [1.165, 1.54) is 12.1 Å². The Morgan fingerprint density at radius 3 is 3.09 bits per heavy atom. The lowest BCUT2D eigenvalue weighted by Crippen LogP contribution is -2.26. The number of nitrogens with zero attached hydrogens (tertiary/aromatic N) is 2. The van der Waals surface area contributed by atoms with Crippen molar-refractivity contribution in [2.45, 2.75) is 24.3 Å². The summed E-state index contributed by atoms with van der Waals surface area (Å²) in [6.45, 7) is 1.56. The fourth-order valence-corrected chi connectivity index (χ4v) is 4.42. The zero-order chi connectivity index (χ0) is 16.3. The first-order valence-electron chi connectivity index (χ1n) is 7.13. The van der Waals surface area contributed by atoms with Gasteiger partial charge in [0.05, 0.1) is 45.3 Å². The number of rotatable bonds is 5. The van der Waals surface area contributed by atoms with Crippen LogP contribution in [0.1, 0.15) is 21.1 Å². The molecule has 2 heterocycles. The SMILES string of the molecule is N#Cc1cccc(S(=O)(=O)NCCc2nc3c(s2)COCC3)c1. The van der Waals surface area contributed by atoms with Crippen LogP contribution in [-0.2, 0) is 34.2 Å². The number of benzene rings is 1. The summed E-state index contributed by atoms with van der Waals surface area (Å²) in [6.07, 6.45) is 1.35. The fourth-order valence-electron chi connectivity index (χ4n) is 2.29. The Bertz CT molecular complexity index is 830. The van der Waals surface area contributed by atoms with Crippen LogP contribution in [0.25, 0.3) is 0 Å². The van der Waals surface area contributed by atoms with E-state index in [1.54, 1.807) is 23.5 Å². The van der Waals surface area contributed by atoms with Crippen molar-refractivity contribution in [3.8, 4) is 6.07 Å². The van der Waals surface area contributed by atoms with Gasteiger partial charge in [-0.05, 0) is 18.2 Å². The van der Waals surface area contributed by atoms with Crippen LogP contribution in [0.4, 0.5) is 0 Å². The number of hydrogen-bond acceptors (Lipinski definition) is 6. The third kappa shape index (κ3) is 3.76.